The molecule has 12 aromatic rings. The van der Waals surface area contributed by atoms with E-state index in [2.05, 4.69) is 0 Å². The van der Waals surface area contributed by atoms with Crippen molar-refractivity contribution in [1.82, 2.24) is 0 Å². The van der Waals surface area contributed by atoms with Gasteiger partial charge in [-0.3, -0.25) is 0 Å². The quantitative estimate of drug-likeness (QED) is 0.0650. The highest BCUT2D eigenvalue weighted by atomic mass is 28.3. The standard InChI is InChI=1S/C45H34F12Si2.C43H30F12Si2/c1-26-17-36-37-18-27(2)20-41(59(4,34-15-7-11-30(23-34)44(52,53)54)35-16-8-12-31(24-35)45(55,56)57)39(37)25-38(36)40(19-26)58(3,32-13-5-9-28(21-32)42(46,47)48)33-14-6-10-29(22-33)43(49,50)51;1-56(30-13-3-9-26(21-30)40(44,45)46,31-14-4-10-27(22-31)41(47,48)49)38-19-7-17-34-35-18-8-20-39(37(35)25-36(34)38)57(2,32-15-5-11-28(23-32)42(50,51)52)33-16-6-12-29(24-33)43(53,54)55/h5-24H,25H2,1-4H3;3-24H,25H2,1-2H3. The molecule has 0 fully saturated rings. The molecule has 0 amide bonds. The first-order chi connectivity index (χ1) is 53.9. The number of halogens is 24. The van der Waals surface area contributed by atoms with Crippen molar-refractivity contribution in [1.29, 1.82) is 0 Å². The van der Waals surface area contributed by atoms with E-state index >= 15 is 0 Å². The van der Waals surface area contributed by atoms with Gasteiger partial charge in [0.25, 0.3) is 0 Å². The van der Waals surface area contributed by atoms with Crippen LogP contribution in [0.15, 0.2) is 255 Å². The van der Waals surface area contributed by atoms with E-state index in [9.17, 15) is 105 Å². The second kappa shape index (κ2) is 29.5. The van der Waals surface area contributed by atoms with Crippen LogP contribution in [-0.4, -0.2) is 32.3 Å². The van der Waals surface area contributed by atoms with Gasteiger partial charge in [-0.25, -0.2) is 0 Å². The van der Waals surface area contributed by atoms with Gasteiger partial charge in [0.1, 0.15) is 32.3 Å². The van der Waals surface area contributed by atoms with Crippen LogP contribution in [0.2, 0.25) is 26.2 Å². The molecule has 2 aliphatic rings. The maximum Gasteiger partial charge on any atom is 0.416 e. The van der Waals surface area contributed by atoms with E-state index in [1.165, 1.54) is 97.1 Å². The average Bonchev–Trinajstić information content (AvgIpc) is 1.54. The first-order valence-corrected chi connectivity index (χ1v) is 45.8. The summed E-state index contributed by atoms with van der Waals surface area (Å²) in [5.41, 5.74) is -1.55. The molecule has 0 aromatic heterocycles. The Morgan fingerprint density at radius 1 is 0.190 bits per heavy atom. The lowest BCUT2D eigenvalue weighted by Crippen LogP contribution is -2.66. The van der Waals surface area contributed by atoms with Crippen LogP contribution >= 0.6 is 0 Å². The molecule has 0 saturated carbocycles. The van der Waals surface area contributed by atoms with E-state index in [1.807, 2.05) is 12.1 Å². The lowest BCUT2D eigenvalue weighted by Gasteiger charge is -2.33. The molecule has 0 bridgehead atoms. The van der Waals surface area contributed by atoms with Crippen molar-refractivity contribution in [3.8, 4) is 22.3 Å². The molecule has 0 saturated heterocycles. The summed E-state index contributed by atoms with van der Waals surface area (Å²) in [5, 5.41) is 3.63. The molecule has 0 radical (unpaired) electrons. The van der Waals surface area contributed by atoms with Gasteiger partial charge in [0.15, 0.2) is 0 Å². The van der Waals surface area contributed by atoms with Gasteiger partial charge in [-0.15, -0.1) is 0 Å². The van der Waals surface area contributed by atoms with Crippen LogP contribution in [0.5, 0.6) is 0 Å². The van der Waals surface area contributed by atoms with Crippen molar-refractivity contribution in [3.05, 3.63) is 333 Å². The van der Waals surface area contributed by atoms with Crippen molar-refractivity contribution in [2.75, 3.05) is 0 Å². The molecule has 0 unspecified atom stereocenters. The van der Waals surface area contributed by atoms with Crippen molar-refractivity contribution in [3.63, 3.8) is 0 Å². The number of benzene rings is 12. The second-order valence-electron chi connectivity index (χ2n) is 29.8. The van der Waals surface area contributed by atoms with E-state index in [0.29, 0.717) is 76.4 Å². The van der Waals surface area contributed by atoms with Crippen molar-refractivity contribution >= 4 is 94.5 Å². The fourth-order valence-corrected chi connectivity index (χ4v) is 32.7. The fourth-order valence-electron chi connectivity index (χ4n) is 16.7. The lowest BCUT2D eigenvalue weighted by molar-refractivity contribution is -0.138. The highest BCUT2D eigenvalue weighted by Crippen LogP contribution is 2.43. The van der Waals surface area contributed by atoms with E-state index in [-0.39, 0.29) is 54.3 Å². The van der Waals surface area contributed by atoms with E-state index in [4.69, 9.17) is 0 Å². The Morgan fingerprint density at radius 2 is 0.353 bits per heavy atom. The third-order valence-electron chi connectivity index (χ3n) is 22.7. The summed E-state index contributed by atoms with van der Waals surface area (Å²) < 4.78 is 341. The Balaban J connectivity index is 0.000000202. The number of fused-ring (bicyclic) bond motifs is 6. The molecule has 14 rings (SSSR count). The van der Waals surface area contributed by atoms with Gasteiger partial charge in [-0.1, -0.05) is 244 Å². The van der Waals surface area contributed by atoms with Gasteiger partial charge in [-0.2, -0.15) is 105 Å². The minimum absolute atomic E-state index is 0.0664. The van der Waals surface area contributed by atoms with Gasteiger partial charge < -0.3 is 0 Å². The molecule has 0 aliphatic heterocycles. The van der Waals surface area contributed by atoms with Crippen molar-refractivity contribution < 1.29 is 105 Å². The van der Waals surface area contributed by atoms with E-state index in [0.717, 1.165) is 97.1 Å². The first-order valence-electron chi connectivity index (χ1n) is 35.8. The Bertz CT molecular complexity index is 5220. The third kappa shape index (κ3) is 15.5. The van der Waals surface area contributed by atoms with Gasteiger partial charge >= 0.3 is 49.4 Å². The maximum absolute atomic E-state index is 14.2. The van der Waals surface area contributed by atoms with Gasteiger partial charge in [-0.05, 0) is 182 Å². The van der Waals surface area contributed by atoms with Crippen LogP contribution in [0, 0.1) is 13.8 Å². The monoisotopic (exact) mass is 1690 g/mol. The fraction of sp³-hybridized carbons (Fsp3) is 0.182. The van der Waals surface area contributed by atoms with E-state index in [1.54, 1.807) is 88.6 Å². The molecular formula is C88H64F24Si4. The number of aryl methyl sites for hydroxylation is 2. The number of alkyl halides is 24. The second-order valence-corrected chi connectivity index (χ2v) is 45.6. The number of hydrogen-bond acceptors (Lipinski definition) is 0. The Morgan fingerprint density at radius 3 is 0.534 bits per heavy atom. The zero-order valence-electron chi connectivity index (χ0n) is 61.7. The molecule has 0 heterocycles. The van der Waals surface area contributed by atoms with Crippen LogP contribution in [0.3, 0.4) is 0 Å². The molecule has 0 nitrogen and oxygen atoms in total. The predicted octanol–water partition coefficient (Wildman–Crippen LogP) is 19.7. The average molecular weight is 1690 g/mol. The molecule has 0 atom stereocenters. The summed E-state index contributed by atoms with van der Waals surface area (Å²) in [6.45, 7) is 10.3. The highest BCUT2D eigenvalue weighted by Gasteiger charge is 2.49. The smallest absolute Gasteiger partial charge is 0.166 e. The third-order valence-corrected chi connectivity index (χ3v) is 40.6. The highest BCUT2D eigenvalue weighted by molar-refractivity contribution is 7.13. The summed E-state index contributed by atoms with van der Waals surface area (Å²) in [7, 11) is -15.2. The molecule has 28 heteroatoms. The predicted molar refractivity (Wildman–Crippen MR) is 412 cm³/mol. The Labute approximate surface area is 653 Å². The normalized spacial score (nSPS) is 13.7. The van der Waals surface area contributed by atoms with Crippen molar-refractivity contribution in [2.24, 2.45) is 0 Å². The van der Waals surface area contributed by atoms with Gasteiger partial charge in [0, 0.05) is 0 Å². The molecule has 12 aromatic carbocycles. The summed E-state index contributed by atoms with van der Waals surface area (Å²) in [5.74, 6) is 0. The largest absolute Gasteiger partial charge is 0.416 e. The van der Waals surface area contributed by atoms with Crippen LogP contribution in [0.1, 0.15) is 77.9 Å². The lowest BCUT2D eigenvalue weighted by atomic mass is 10.0. The first kappa shape index (κ1) is 83.8. The molecular weight excluding hydrogens is 1630 g/mol. The zero-order valence-corrected chi connectivity index (χ0v) is 65.7. The minimum atomic E-state index is -4.77. The molecule has 2 aliphatic carbocycles. The summed E-state index contributed by atoms with van der Waals surface area (Å²) in [6, 6.07) is 54.0. The van der Waals surface area contributed by atoms with Crippen LogP contribution in [0.4, 0.5) is 105 Å². The number of rotatable bonds is 12. The maximum atomic E-state index is 14.2. The van der Waals surface area contributed by atoms with Gasteiger partial charge in [0.05, 0.1) is 44.5 Å². The van der Waals surface area contributed by atoms with Gasteiger partial charge in [0.2, 0.25) is 0 Å². The van der Waals surface area contributed by atoms with Crippen LogP contribution < -0.4 is 62.2 Å². The minimum Gasteiger partial charge on any atom is -0.166 e. The van der Waals surface area contributed by atoms with E-state index < -0.39 is 126 Å². The summed E-state index contributed by atoms with van der Waals surface area (Å²) >= 11 is 0. The SMILES string of the molecule is C[Si](c1cccc(C(F)(F)F)c1)(c1cccc(C(F)(F)F)c1)c1cccc2c1Cc1c-2cccc1[Si](C)(c1cccc(C(F)(F)F)c1)c1cccc(C(F)(F)F)c1.Cc1cc2c(c([Si](C)(c3cccc(C(F)(F)F)c3)c3cccc(C(F)(F)F)c3)c1)Cc1c-2cc(C)cc1[Si](C)(c1cccc(C(F)(F)F)c1)c1cccc(C(F)(F)F)c1. The van der Waals surface area contributed by atoms with Crippen LogP contribution in [-0.2, 0) is 62.3 Å². The molecule has 116 heavy (non-hydrogen) atoms. The summed E-state index contributed by atoms with van der Waals surface area (Å²) in [4.78, 5) is 0. The zero-order chi connectivity index (χ0) is 84.4. The Hall–Kier alpha value is -10.2. The molecule has 0 N–H and O–H groups in total. The Kier molecular flexibility index (Phi) is 21.3. The van der Waals surface area contributed by atoms with Crippen LogP contribution in [0.25, 0.3) is 22.3 Å². The van der Waals surface area contributed by atoms with Crippen molar-refractivity contribution in [2.45, 2.75) is 102 Å². The molecule has 0 spiro atoms. The topological polar surface area (TPSA) is 0 Å². The number of hydrogen-bond donors (Lipinski definition) is 0. The summed E-state index contributed by atoms with van der Waals surface area (Å²) in [6.07, 6.45) is -38.0. The molecule has 600 valence electrons.